The summed E-state index contributed by atoms with van der Waals surface area (Å²) in [7, 11) is 0. The van der Waals surface area contributed by atoms with Crippen LogP contribution in [0.15, 0.2) is 30.5 Å². The van der Waals surface area contributed by atoms with Gasteiger partial charge in [0.2, 0.25) is 0 Å². The van der Waals surface area contributed by atoms with Crippen LogP contribution >= 0.6 is 11.6 Å². The Morgan fingerprint density at radius 1 is 1.37 bits per heavy atom. The van der Waals surface area contributed by atoms with Gasteiger partial charge in [0.1, 0.15) is 0 Å². The van der Waals surface area contributed by atoms with Crippen LogP contribution in [0.2, 0.25) is 5.02 Å². The summed E-state index contributed by atoms with van der Waals surface area (Å²) in [5.74, 6) is 0. The lowest BCUT2D eigenvalue weighted by molar-refractivity contribution is 0.662. The number of rotatable bonds is 5. The summed E-state index contributed by atoms with van der Waals surface area (Å²) in [6, 6.07) is 8.87. The van der Waals surface area contributed by atoms with Crippen molar-refractivity contribution in [3.63, 3.8) is 0 Å². The fourth-order valence-corrected chi connectivity index (χ4v) is 2.47. The average Bonchev–Trinajstić information content (AvgIpc) is 3.12. The van der Waals surface area contributed by atoms with E-state index in [1.165, 1.54) is 24.0 Å². The third kappa shape index (κ3) is 2.82. The van der Waals surface area contributed by atoms with Crippen molar-refractivity contribution in [3.8, 4) is 11.3 Å². The number of hydrogen-bond acceptors (Lipinski definition) is 2. The third-order valence-electron chi connectivity index (χ3n) is 3.52. The van der Waals surface area contributed by atoms with Crippen LogP contribution in [0.1, 0.15) is 25.3 Å². The first-order chi connectivity index (χ1) is 9.28. The molecule has 1 aromatic carbocycles. The summed E-state index contributed by atoms with van der Waals surface area (Å²) in [6.45, 7) is 3.86. The van der Waals surface area contributed by atoms with E-state index < -0.39 is 0 Å². The minimum Gasteiger partial charge on any atom is -0.310 e. The molecule has 3 rings (SSSR count). The summed E-state index contributed by atoms with van der Waals surface area (Å²) in [5.41, 5.74) is 3.60. The minimum absolute atomic E-state index is 0.708. The Labute approximate surface area is 118 Å². The first-order valence-electron chi connectivity index (χ1n) is 6.82. The molecule has 0 saturated heterocycles. The number of nitrogens with zero attached hydrogens (tertiary/aromatic N) is 2. The third-order valence-corrected chi connectivity index (χ3v) is 3.76. The highest BCUT2D eigenvalue weighted by Crippen LogP contribution is 2.28. The van der Waals surface area contributed by atoms with Crippen molar-refractivity contribution in [2.45, 2.75) is 38.9 Å². The van der Waals surface area contributed by atoms with Crippen LogP contribution in [0.25, 0.3) is 11.3 Å². The molecule has 19 heavy (non-hydrogen) atoms. The molecule has 1 aliphatic carbocycles. The summed E-state index contributed by atoms with van der Waals surface area (Å²) in [4.78, 5) is 0. The maximum atomic E-state index is 6.15. The van der Waals surface area contributed by atoms with Crippen molar-refractivity contribution >= 4 is 11.6 Å². The van der Waals surface area contributed by atoms with Gasteiger partial charge in [0.05, 0.1) is 5.69 Å². The van der Waals surface area contributed by atoms with E-state index in [1.54, 1.807) is 0 Å². The first-order valence-corrected chi connectivity index (χ1v) is 7.19. The molecule has 1 saturated carbocycles. The predicted octanol–water partition coefficient (Wildman–Crippen LogP) is 3.48. The van der Waals surface area contributed by atoms with Gasteiger partial charge in [-0.1, -0.05) is 17.7 Å². The zero-order valence-electron chi connectivity index (χ0n) is 11.1. The fourth-order valence-electron chi connectivity index (χ4n) is 2.30. The van der Waals surface area contributed by atoms with E-state index in [2.05, 4.69) is 29.5 Å². The van der Waals surface area contributed by atoms with E-state index >= 15 is 0 Å². The Morgan fingerprint density at radius 2 is 2.21 bits per heavy atom. The normalized spacial score (nSPS) is 14.8. The molecule has 0 unspecified atom stereocenters. The van der Waals surface area contributed by atoms with Crippen molar-refractivity contribution in [2.24, 2.45) is 0 Å². The molecule has 0 radical (unpaired) electrons. The van der Waals surface area contributed by atoms with Crippen molar-refractivity contribution in [1.29, 1.82) is 0 Å². The van der Waals surface area contributed by atoms with Crippen LogP contribution in [0, 0.1) is 0 Å². The van der Waals surface area contributed by atoms with Gasteiger partial charge < -0.3 is 5.32 Å². The van der Waals surface area contributed by atoms with Gasteiger partial charge in [-0.15, -0.1) is 0 Å². The maximum Gasteiger partial charge on any atom is 0.0685 e. The van der Waals surface area contributed by atoms with Gasteiger partial charge in [0.25, 0.3) is 0 Å². The number of nitrogens with one attached hydrogen (secondary N) is 1. The Bertz CT molecular complexity index is 573. The van der Waals surface area contributed by atoms with E-state index in [0.29, 0.717) is 6.04 Å². The molecule has 4 heteroatoms. The second-order valence-corrected chi connectivity index (χ2v) is 5.43. The van der Waals surface area contributed by atoms with Crippen molar-refractivity contribution in [3.05, 3.63) is 41.0 Å². The maximum absolute atomic E-state index is 6.15. The van der Waals surface area contributed by atoms with Crippen LogP contribution in [0.4, 0.5) is 0 Å². The number of aromatic nitrogens is 2. The lowest BCUT2D eigenvalue weighted by Crippen LogP contribution is -2.16. The Kier molecular flexibility index (Phi) is 3.58. The molecule has 2 aromatic rings. The van der Waals surface area contributed by atoms with Gasteiger partial charge in [-0.3, -0.25) is 4.68 Å². The quantitative estimate of drug-likeness (QED) is 0.905. The van der Waals surface area contributed by atoms with Gasteiger partial charge in [0, 0.05) is 35.9 Å². The van der Waals surface area contributed by atoms with Gasteiger partial charge in [0.15, 0.2) is 0 Å². The van der Waals surface area contributed by atoms with Gasteiger partial charge >= 0.3 is 0 Å². The number of benzene rings is 1. The van der Waals surface area contributed by atoms with Crippen molar-refractivity contribution in [2.75, 3.05) is 0 Å². The molecule has 1 N–H and O–H groups in total. The molecule has 1 fully saturated rings. The molecule has 0 amide bonds. The number of aryl methyl sites for hydroxylation is 1. The zero-order chi connectivity index (χ0) is 13.2. The summed E-state index contributed by atoms with van der Waals surface area (Å²) < 4.78 is 2.01. The summed E-state index contributed by atoms with van der Waals surface area (Å²) >= 11 is 6.15. The van der Waals surface area contributed by atoms with Crippen molar-refractivity contribution in [1.82, 2.24) is 15.1 Å². The minimum atomic E-state index is 0.708. The molecule has 1 heterocycles. The molecule has 100 valence electrons. The Balaban J connectivity index is 1.94. The number of halogens is 1. The standard InChI is InChI=1S/C15H18ClN3/c1-2-19-15(7-8-18-19)14-9-12(16)4-3-11(14)10-17-13-5-6-13/h3-4,7-9,13,17H,2,5-6,10H2,1H3. The molecular weight excluding hydrogens is 258 g/mol. The Morgan fingerprint density at radius 3 is 2.95 bits per heavy atom. The zero-order valence-corrected chi connectivity index (χ0v) is 11.8. The first kappa shape index (κ1) is 12.7. The molecule has 0 bridgehead atoms. The highest BCUT2D eigenvalue weighted by Gasteiger charge is 2.21. The van der Waals surface area contributed by atoms with E-state index in [0.717, 1.165) is 23.8 Å². The van der Waals surface area contributed by atoms with E-state index in [1.807, 2.05) is 23.0 Å². The van der Waals surface area contributed by atoms with Gasteiger partial charge in [-0.05, 0) is 43.5 Å². The molecular formula is C15H18ClN3. The molecule has 1 aromatic heterocycles. The van der Waals surface area contributed by atoms with Crippen LogP contribution in [0.5, 0.6) is 0 Å². The van der Waals surface area contributed by atoms with E-state index in [9.17, 15) is 0 Å². The Hall–Kier alpha value is -1.32. The van der Waals surface area contributed by atoms with Gasteiger partial charge in [-0.25, -0.2) is 0 Å². The monoisotopic (exact) mass is 275 g/mol. The van der Waals surface area contributed by atoms with E-state index in [-0.39, 0.29) is 0 Å². The van der Waals surface area contributed by atoms with Crippen LogP contribution in [-0.4, -0.2) is 15.8 Å². The second-order valence-electron chi connectivity index (χ2n) is 4.99. The SMILES string of the molecule is CCn1nccc1-c1cc(Cl)ccc1CNC1CC1. The van der Waals surface area contributed by atoms with Crippen LogP contribution in [-0.2, 0) is 13.1 Å². The van der Waals surface area contributed by atoms with Crippen LogP contribution in [0.3, 0.4) is 0 Å². The van der Waals surface area contributed by atoms with Gasteiger partial charge in [-0.2, -0.15) is 5.10 Å². The molecule has 3 nitrogen and oxygen atoms in total. The topological polar surface area (TPSA) is 29.9 Å². The summed E-state index contributed by atoms with van der Waals surface area (Å²) in [5, 5.41) is 8.67. The average molecular weight is 276 g/mol. The smallest absolute Gasteiger partial charge is 0.0685 e. The highest BCUT2D eigenvalue weighted by molar-refractivity contribution is 6.30. The lowest BCUT2D eigenvalue weighted by atomic mass is 10.0. The lowest BCUT2D eigenvalue weighted by Gasteiger charge is -2.12. The molecule has 0 atom stereocenters. The molecule has 0 aliphatic heterocycles. The molecule has 0 spiro atoms. The van der Waals surface area contributed by atoms with Crippen molar-refractivity contribution < 1.29 is 0 Å². The molecule has 1 aliphatic rings. The van der Waals surface area contributed by atoms with E-state index in [4.69, 9.17) is 11.6 Å². The van der Waals surface area contributed by atoms with Crippen LogP contribution < -0.4 is 5.32 Å². The predicted molar refractivity (Wildman–Crippen MR) is 78.2 cm³/mol. The largest absolute Gasteiger partial charge is 0.310 e. The fraction of sp³-hybridized carbons (Fsp3) is 0.400. The summed E-state index contributed by atoms with van der Waals surface area (Å²) in [6.07, 6.45) is 4.45. The second kappa shape index (κ2) is 5.35. The number of hydrogen-bond donors (Lipinski definition) is 1. The highest BCUT2D eigenvalue weighted by atomic mass is 35.5.